The van der Waals surface area contributed by atoms with Gasteiger partial charge in [0.25, 0.3) is 0 Å². The van der Waals surface area contributed by atoms with Crippen molar-refractivity contribution in [3.05, 3.63) is 11.1 Å². The Morgan fingerprint density at radius 2 is 2.57 bits per heavy atom. The maximum atomic E-state index is 5.61. The molecule has 0 saturated heterocycles. The lowest BCUT2D eigenvalue weighted by molar-refractivity contribution is 1.64. The molecule has 0 saturated carbocycles. The average molecular weight is 155 g/mol. The van der Waals surface area contributed by atoms with Crippen molar-refractivity contribution in [2.45, 2.75) is 4.71 Å². The second-order valence-corrected chi connectivity index (χ2v) is 3.62. The van der Waals surface area contributed by atoms with E-state index >= 15 is 0 Å². The van der Waals surface area contributed by atoms with Gasteiger partial charge in [-0.25, -0.2) is 0 Å². The molecule has 0 aromatic rings. The topological polar surface area (TPSA) is 0 Å². The molecule has 1 aliphatic rings. The van der Waals surface area contributed by atoms with Gasteiger partial charge in [-0.1, -0.05) is 11.6 Å². The summed E-state index contributed by atoms with van der Waals surface area (Å²) in [4.78, 5) is 0. The molecule has 3 heteroatoms. The van der Waals surface area contributed by atoms with Crippen molar-refractivity contribution in [3.8, 4) is 0 Å². The number of hydrogen-bond donors (Lipinski definition) is 0. The van der Waals surface area contributed by atoms with Gasteiger partial charge in [-0.05, 0) is 6.08 Å². The molecule has 0 bridgehead atoms. The Morgan fingerprint density at radius 3 is 2.71 bits per heavy atom. The van der Waals surface area contributed by atoms with E-state index in [9.17, 15) is 0 Å². The molecule has 0 N–H and O–H groups in total. The predicted octanol–water partition coefficient (Wildman–Crippen LogP) is 2.42. The molecule has 0 aliphatic carbocycles. The van der Waals surface area contributed by atoms with E-state index in [1.165, 1.54) is 0 Å². The van der Waals surface area contributed by atoms with Crippen molar-refractivity contribution in [1.29, 1.82) is 0 Å². The molecule has 0 spiro atoms. The van der Waals surface area contributed by atoms with Gasteiger partial charge in [-0.3, -0.25) is 0 Å². The number of rotatable bonds is 0. The second kappa shape index (κ2) is 2.29. The molecule has 0 aromatic carbocycles. The van der Waals surface area contributed by atoms with Crippen LogP contribution in [-0.4, -0.2) is 10.5 Å². The zero-order valence-corrected chi connectivity index (χ0v) is 5.85. The molecule has 0 nitrogen and oxygen atoms in total. The van der Waals surface area contributed by atoms with E-state index < -0.39 is 0 Å². The van der Waals surface area contributed by atoms with E-state index in [4.69, 9.17) is 23.2 Å². The second-order valence-electron chi connectivity index (χ2n) is 1.28. The minimum absolute atomic E-state index is 0.118. The first kappa shape index (κ1) is 5.80. The summed E-state index contributed by atoms with van der Waals surface area (Å²) in [6, 6.07) is 0. The Hall–Kier alpha value is 0.670. The summed E-state index contributed by atoms with van der Waals surface area (Å²) in [5.74, 6) is 0.885. The fraction of sp³-hybridized carbons (Fsp3) is 0.500. The van der Waals surface area contributed by atoms with Gasteiger partial charge in [-0.2, -0.15) is 0 Å². The standard InChI is InChI=1S/C4H4Cl2S/c5-3-1-4(6)7-2-3/h1,4H,2H2. The van der Waals surface area contributed by atoms with E-state index in [0.717, 1.165) is 10.8 Å². The van der Waals surface area contributed by atoms with Gasteiger partial charge in [-0.15, -0.1) is 23.4 Å². The van der Waals surface area contributed by atoms with Crippen LogP contribution >= 0.6 is 35.0 Å². The molecule has 0 radical (unpaired) electrons. The molecular formula is C4H4Cl2S. The molecule has 1 heterocycles. The molecule has 0 amide bonds. The van der Waals surface area contributed by atoms with E-state index in [1.807, 2.05) is 6.08 Å². The maximum absolute atomic E-state index is 5.61. The highest BCUT2D eigenvalue weighted by atomic mass is 35.5. The third-order valence-corrected chi connectivity index (χ3v) is 2.55. The first-order valence-corrected chi connectivity index (χ1v) is 3.77. The van der Waals surface area contributed by atoms with Crippen molar-refractivity contribution < 1.29 is 0 Å². The highest BCUT2D eigenvalue weighted by molar-refractivity contribution is 8.01. The third kappa shape index (κ3) is 1.56. The summed E-state index contributed by atoms with van der Waals surface area (Å²) in [6.07, 6.45) is 1.85. The summed E-state index contributed by atoms with van der Waals surface area (Å²) in [5, 5.41) is 0.880. The largest absolute Gasteiger partial charge is 0.132 e. The zero-order chi connectivity index (χ0) is 5.28. The number of hydrogen-bond acceptors (Lipinski definition) is 1. The first-order valence-electron chi connectivity index (χ1n) is 1.91. The minimum Gasteiger partial charge on any atom is -0.132 e. The van der Waals surface area contributed by atoms with Gasteiger partial charge in [0.2, 0.25) is 0 Å². The van der Waals surface area contributed by atoms with Crippen LogP contribution in [0, 0.1) is 0 Å². The molecular weight excluding hydrogens is 151 g/mol. The molecule has 40 valence electrons. The smallest absolute Gasteiger partial charge is 0.0987 e. The monoisotopic (exact) mass is 154 g/mol. The van der Waals surface area contributed by atoms with Crippen LogP contribution in [0.3, 0.4) is 0 Å². The summed E-state index contributed by atoms with van der Waals surface area (Å²) in [5.41, 5.74) is 0. The Morgan fingerprint density at radius 1 is 1.86 bits per heavy atom. The SMILES string of the molecule is ClC1=CC(Cl)SC1. The lowest BCUT2D eigenvalue weighted by Crippen LogP contribution is -1.73. The Labute approximate surface area is 56.9 Å². The number of thioether (sulfide) groups is 1. The van der Waals surface area contributed by atoms with Crippen LogP contribution < -0.4 is 0 Å². The molecule has 1 unspecified atom stereocenters. The zero-order valence-electron chi connectivity index (χ0n) is 3.53. The van der Waals surface area contributed by atoms with Crippen molar-refractivity contribution in [2.75, 3.05) is 5.75 Å². The van der Waals surface area contributed by atoms with Crippen LogP contribution in [0.25, 0.3) is 0 Å². The summed E-state index contributed by atoms with van der Waals surface area (Å²) in [7, 11) is 0. The molecule has 1 aliphatic heterocycles. The highest BCUT2D eigenvalue weighted by Crippen LogP contribution is 2.29. The fourth-order valence-corrected chi connectivity index (χ4v) is 1.87. The Bertz CT molecular complexity index is 99.9. The predicted molar refractivity (Wildman–Crippen MR) is 36.0 cm³/mol. The van der Waals surface area contributed by atoms with Crippen LogP contribution in [0.4, 0.5) is 0 Å². The Balaban J connectivity index is 2.50. The number of alkyl halides is 1. The van der Waals surface area contributed by atoms with Gasteiger partial charge in [0.15, 0.2) is 0 Å². The van der Waals surface area contributed by atoms with Gasteiger partial charge in [0, 0.05) is 10.8 Å². The quantitative estimate of drug-likeness (QED) is 0.484. The van der Waals surface area contributed by atoms with E-state index in [2.05, 4.69) is 0 Å². The summed E-state index contributed by atoms with van der Waals surface area (Å²) in [6.45, 7) is 0. The van der Waals surface area contributed by atoms with Crippen LogP contribution in [0.5, 0.6) is 0 Å². The first-order chi connectivity index (χ1) is 3.29. The average Bonchev–Trinajstić information content (AvgIpc) is 1.87. The molecule has 0 aromatic heterocycles. The van der Waals surface area contributed by atoms with Gasteiger partial charge >= 0.3 is 0 Å². The van der Waals surface area contributed by atoms with Crippen LogP contribution in [0.1, 0.15) is 0 Å². The lowest BCUT2D eigenvalue weighted by Gasteiger charge is -1.86. The Kier molecular flexibility index (Phi) is 1.90. The summed E-state index contributed by atoms with van der Waals surface area (Å²) < 4.78 is 0.118. The summed E-state index contributed by atoms with van der Waals surface area (Å²) >= 11 is 12.8. The molecule has 0 fully saturated rings. The fourth-order valence-electron chi connectivity index (χ4n) is 0.398. The van der Waals surface area contributed by atoms with Crippen LogP contribution in [0.15, 0.2) is 11.1 Å². The molecule has 7 heavy (non-hydrogen) atoms. The van der Waals surface area contributed by atoms with Crippen LogP contribution in [0.2, 0.25) is 0 Å². The highest BCUT2D eigenvalue weighted by Gasteiger charge is 2.10. The van der Waals surface area contributed by atoms with Crippen molar-refractivity contribution in [1.82, 2.24) is 0 Å². The van der Waals surface area contributed by atoms with E-state index in [1.54, 1.807) is 11.8 Å². The third-order valence-electron chi connectivity index (χ3n) is 0.692. The number of halogens is 2. The van der Waals surface area contributed by atoms with Crippen molar-refractivity contribution >= 4 is 35.0 Å². The molecule has 1 rings (SSSR count). The van der Waals surface area contributed by atoms with Gasteiger partial charge in [0.05, 0.1) is 4.71 Å². The lowest BCUT2D eigenvalue weighted by atomic mass is 10.6. The van der Waals surface area contributed by atoms with Crippen LogP contribution in [-0.2, 0) is 0 Å². The minimum atomic E-state index is 0.118. The van der Waals surface area contributed by atoms with Gasteiger partial charge in [0.1, 0.15) is 0 Å². The molecule has 1 atom stereocenters. The van der Waals surface area contributed by atoms with E-state index in [-0.39, 0.29) is 4.71 Å². The normalized spacial score (nSPS) is 30.6. The maximum Gasteiger partial charge on any atom is 0.0987 e. The van der Waals surface area contributed by atoms with Gasteiger partial charge < -0.3 is 0 Å². The van der Waals surface area contributed by atoms with E-state index in [0.29, 0.717) is 0 Å². The van der Waals surface area contributed by atoms with Crippen molar-refractivity contribution in [2.24, 2.45) is 0 Å². The van der Waals surface area contributed by atoms with Crippen molar-refractivity contribution in [3.63, 3.8) is 0 Å².